The zero-order chi connectivity index (χ0) is 13.6. The van der Waals surface area contributed by atoms with Crippen molar-refractivity contribution in [2.24, 2.45) is 10.4 Å². The van der Waals surface area contributed by atoms with E-state index < -0.39 is 0 Å². The molecule has 0 amide bonds. The fraction of sp³-hybridized carbons (Fsp3) is 0.812. The molecule has 1 fully saturated rings. The number of guanidine groups is 1. The Hall–Kier alpha value is -0.260. The van der Waals surface area contributed by atoms with E-state index >= 15 is 0 Å². The van der Waals surface area contributed by atoms with E-state index in [2.05, 4.69) is 28.6 Å². The Morgan fingerprint density at radius 3 is 2.60 bits per heavy atom. The fourth-order valence-electron chi connectivity index (χ4n) is 3.13. The monoisotopic (exact) mass is 391 g/mol. The Morgan fingerprint density at radius 1 is 1.30 bits per heavy atom. The average molecular weight is 391 g/mol. The second kappa shape index (κ2) is 8.90. The van der Waals surface area contributed by atoms with Crippen LogP contribution in [0.2, 0.25) is 0 Å². The maximum atomic E-state index is 4.32. The number of aliphatic imine (C=N–C) groups is 1. The number of rotatable bonds is 6. The van der Waals surface area contributed by atoms with Gasteiger partial charge in [0.2, 0.25) is 0 Å². The summed E-state index contributed by atoms with van der Waals surface area (Å²) in [6.45, 7) is 4.39. The molecule has 0 aliphatic heterocycles. The molecular weight excluding hydrogens is 361 g/mol. The molecule has 0 heterocycles. The van der Waals surface area contributed by atoms with Crippen LogP contribution in [-0.2, 0) is 0 Å². The van der Waals surface area contributed by atoms with Crippen LogP contribution in [0.1, 0.15) is 58.3 Å². The average Bonchev–Trinajstić information content (AvgIpc) is 2.89. The molecule has 0 bridgehead atoms. The maximum Gasteiger partial charge on any atom is 0.191 e. The standard InChI is InChI=1S/C16H29N3.HI/c1-3-16(10-6-11-16)13-19-15(17-2)18-12-9-14-7-4-5-8-14;/h7H,3-6,8-13H2,1-2H3,(H2,17,18,19);1H. The minimum atomic E-state index is 0. The summed E-state index contributed by atoms with van der Waals surface area (Å²) in [6.07, 6.45) is 12.9. The van der Waals surface area contributed by atoms with Gasteiger partial charge in [0.15, 0.2) is 5.96 Å². The quantitative estimate of drug-likeness (QED) is 0.312. The summed E-state index contributed by atoms with van der Waals surface area (Å²) < 4.78 is 0. The van der Waals surface area contributed by atoms with E-state index in [0.717, 1.165) is 19.0 Å². The number of allylic oxidation sites excluding steroid dienone is 1. The van der Waals surface area contributed by atoms with Gasteiger partial charge in [-0.1, -0.05) is 25.0 Å². The molecule has 0 unspecified atom stereocenters. The van der Waals surface area contributed by atoms with Gasteiger partial charge in [-0.15, -0.1) is 24.0 Å². The summed E-state index contributed by atoms with van der Waals surface area (Å²) in [7, 11) is 1.86. The van der Waals surface area contributed by atoms with Gasteiger partial charge in [-0.2, -0.15) is 0 Å². The van der Waals surface area contributed by atoms with Crippen molar-refractivity contribution in [2.45, 2.75) is 58.3 Å². The highest BCUT2D eigenvalue weighted by Crippen LogP contribution is 2.42. The van der Waals surface area contributed by atoms with Gasteiger partial charge in [-0.25, -0.2) is 0 Å². The van der Waals surface area contributed by atoms with E-state index in [1.54, 1.807) is 5.57 Å². The van der Waals surface area contributed by atoms with Gasteiger partial charge in [0.05, 0.1) is 0 Å². The molecule has 2 aliphatic rings. The molecule has 0 spiro atoms. The van der Waals surface area contributed by atoms with Crippen LogP contribution >= 0.6 is 24.0 Å². The number of hydrogen-bond donors (Lipinski definition) is 2. The van der Waals surface area contributed by atoms with Gasteiger partial charge < -0.3 is 10.6 Å². The molecular formula is C16H30IN3. The predicted molar refractivity (Wildman–Crippen MR) is 97.9 cm³/mol. The third-order valence-corrected chi connectivity index (χ3v) is 4.89. The van der Waals surface area contributed by atoms with Crippen LogP contribution in [0.5, 0.6) is 0 Å². The molecule has 0 aromatic heterocycles. The van der Waals surface area contributed by atoms with Crippen molar-refractivity contribution in [3.8, 4) is 0 Å². The third-order valence-electron chi connectivity index (χ3n) is 4.89. The lowest BCUT2D eigenvalue weighted by molar-refractivity contribution is 0.131. The molecule has 4 heteroatoms. The summed E-state index contributed by atoms with van der Waals surface area (Å²) in [4.78, 5) is 4.32. The van der Waals surface area contributed by atoms with Crippen LogP contribution in [0.25, 0.3) is 0 Å². The van der Waals surface area contributed by atoms with Crippen LogP contribution in [0.15, 0.2) is 16.6 Å². The van der Waals surface area contributed by atoms with Gasteiger partial charge in [-0.05, 0) is 50.4 Å². The number of hydrogen-bond acceptors (Lipinski definition) is 1. The van der Waals surface area contributed by atoms with E-state index in [-0.39, 0.29) is 24.0 Å². The van der Waals surface area contributed by atoms with Crippen LogP contribution in [0.4, 0.5) is 0 Å². The van der Waals surface area contributed by atoms with Crippen molar-refractivity contribution >= 4 is 29.9 Å². The van der Waals surface area contributed by atoms with Gasteiger partial charge in [0.1, 0.15) is 0 Å². The molecule has 2 aliphatic carbocycles. The second-order valence-corrected chi connectivity index (χ2v) is 6.06. The lowest BCUT2D eigenvalue weighted by Crippen LogP contribution is -2.46. The molecule has 0 radical (unpaired) electrons. The lowest BCUT2D eigenvalue weighted by Gasteiger charge is -2.41. The molecule has 116 valence electrons. The van der Waals surface area contributed by atoms with Crippen LogP contribution in [0, 0.1) is 5.41 Å². The first-order valence-corrected chi connectivity index (χ1v) is 7.90. The SMILES string of the molecule is CCC1(CNC(=NC)NCCC2=CCCC2)CCC1.I. The first-order valence-electron chi connectivity index (χ1n) is 7.90. The van der Waals surface area contributed by atoms with Crippen molar-refractivity contribution in [3.05, 3.63) is 11.6 Å². The molecule has 0 saturated heterocycles. The molecule has 2 rings (SSSR count). The van der Waals surface area contributed by atoms with E-state index in [4.69, 9.17) is 0 Å². The van der Waals surface area contributed by atoms with Crippen LogP contribution in [-0.4, -0.2) is 26.1 Å². The summed E-state index contributed by atoms with van der Waals surface area (Å²) in [5.41, 5.74) is 2.16. The van der Waals surface area contributed by atoms with Crippen molar-refractivity contribution in [1.29, 1.82) is 0 Å². The fourth-order valence-corrected chi connectivity index (χ4v) is 3.13. The zero-order valence-corrected chi connectivity index (χ0v) is 15.3. The van der Waals surface area contributed by atoms with E-state index in [1.165, 1.54) is 51.4 Å². The first kappa shape index (κ1) is 17.8. The Kier molecular flexibility index (Phi) is 7.92. The van der Waals surface area contributed by atoms with Gasteiger partial charge in [-0.3, -0.25) is 4.99 Å². The van der Waals surface area contributed by atoms with E-state index in [9.17, 15) is 0 Å². The molecule has 20 heavy (non-hydrogen) atoms. The molecule has 3 nitrogen and oxygen atoms in total. The normalized spacial score (nSPS) is 20.7. The largest absolute Gasteiger partial charge is 0.356 e. The minimum absolute atomic E-state index is 0. The van der Waals surface area contributed by atoms with Crippen molar-refractivity contribution in [2.75, 3.05) is 20.1 Å². The molecule has 1 saturated carbocycles. The van der Waals surface area contributed by atoms with Gasteiger partial charge >= 0.3 is 0 Å². The smallest absolute Gasteiger partial charge is 0.191 e. The van der Waals surface area contributed by atoms with Gasteiger partial charge in [0, 0.05) is 20.1 Å². The zero-order valence-electron chi connectivity index (χ0n) is 13.0. The Labute approximate surface area is 141 Å². The lowest BCUT2D eigenvalue weighted by atomic mass is 9.67. The maximum absolute atomic E-state index is 4.32. The van der Waals surface area contributed by atoms with Crippen molar-refractivity contribution in [3.63, 3.8) is 0 Å². The van der Waals surface area contributed by atoms with E-state index in [0.29, 0.717) is 5.41 Å². The number of halogens is 1. The Morgan fingerprint density at radius 2 is 2.10 bits per heavy atom. The highest BCUT2D eigenvalue weighted by Gasteiger charge is 2.34. The predicted octanol–water partition coefficient (Wildman–Crippen LogP) is 3.85. The van der Waals surface area contributed by atoms with Crippen molar-refractivity contribution in [1.82, 2.24) is 10.6 Å². The van der Waals surface area contributed by atoms with Crippen LogP contribution in [0.3, 0.4) is 0 Å². The Balaban J connectivity index is 0.00000200. The van der Waals surface area contributed by atoms with Gasteiger partial charge in [0.25, 0.3) is 0 Å². The summed E-state index contributed by atoms with van der Waals surface area (Å²) in [5.74, 6) is 0.971. The summed E-state index contributed by atoms with van der Waals surface area (Å²) >= 11 is 0. The molecule has 0 aromatic carbocycles. The van der Waals surface area contributed by atoms with Crippen molar-refractivity contribution < 1.29 is 0 Å². The molecule has 0 atom stereocenters. The van der Waals surface area contributed by atoms with Crippen LogP contribution < -0.4 is 10.6 Å². The van der Waals surface area contributed by atoms with E-state index in [1.807, 2.05) is 7.05 Å². The number of nitrogens with zero attached hydrogens (tertiary/aromatic N) is 1. The summed E-state index contributed by atoms with van der Waals surface area (Å²) in [6, 6.07) is 0. The number of nitrogens with one attached hydrogen (secondary N) is 2. The second-order valence-electron chi connectivity index (χ2n) is 6.06. The highest BCUT2D eigenvalue weighted by molar-refractivity contribution is 14.0. The molecule has 0 aromatic rings. The topological polar surface area (TPSA) is 36.4 Å². The Bertz CT molecular complexity index is 340. The minimum Gasteiger partial charge on any atom is -0.356 e. The highest BCUT2D eigenvalue weighted by atomic mass is 127. The molecule has 2 N–H and O–H groups in total. The summed E-state index contributed by atoms with van der Waals surface area (Å²) in [5, 5.41) is 6.95. The first-order chi connectivity index (χ1) is 9.28. The third kappa shape index (κ3) is 4.93.